The summed E-state index contributed by atoms with van der Waals surface area (Å²) >= 11 is 0. The van der Waals surface area contributed by atoms with Crippen LogP contribution in [0.4, 0.5) is 0 Å². The number of aliphatic imine (C=N–C) groups is 1. The Bertz CT molecular complexity index is 562. The molecule has 2 aliphatic rings. The van der Waals surface area contributed by atoms with Crippen molar-refractivity contribution in [3.05, 3.63) is 35.9 Å². The Balaban J connectivity index is 1.51. The monoisotopic (exact) mass is 344 g/mol. The second kappa shape index (κ2) is 8.68. The van der Waals surface area contributed by atoms with Crippen LogP contribution in [-0.4, -0.2) is 55.3 Å². The first kappa shape index (κ1) is 18.2. The molecular weight excluding hydrogens is 312 g/mol. The van der Waals surface area contributed by atoms with E-state index < -0.39 is 0 Å². The van der Waals surface area contributed by atoms with E-state index in [1.54, 1.807) is 0 Å². The van der Waals surface area contributed by atoms with E-state index in [0.717, 1.165) is 32.0 Å². The largest absolute Gasteiger partial charge is 0.373 e. The quantitative estimate of drug-likeness (QED) is 0.589. The van der Waals surface area contributed by atoms with Gasteiger partial charge in [0.15, 0.2) is 5.96 Å². The van der Waals surface area contributed by atoms with E-state index in [2.05, 4.69) is 66.8 Å². The topological polar surface area (TPSA) is 48.9 Å². The molecule has 4 unspecified atom stereocenters. The van der Waals surface area contributed by atoms with Crippen molar-refractivity contribution >= 4 is 5.96 Å². The Kier molecular flexibility index (Phi) is 6.32. The molecule has 0 saturated carbocycles. The fraction of sp³-hybridized carbons (Fsp3) is 0.650. The van der Waals surface area contributed by atoms with E-state index in [4.69, 9.17) is 9.73 Å². The van der Waals surface area contributed by atoms with Crippen LogP contribution in [-0.2, 0) is 11.3 Å². The van der Waals surface area contributed by atoms with E-state index in [0.29, 0.717) is 24.3 Å². The Morgan fingerprint density at radius 1 is 1.32 bits per heavy atom. The zero-order valence-corrected chi connectivity index (χ0v) is 15.7. The van der Waals surface area contributed by atoms with Crippen LogP contribution in [0.15, 0.2) is 35.3 Å². The molecule has 2 fully saturated rings. The maximum Gasteiger partial charge on any atom is 0.191 e. The highest BCUT2D eigenvalue weighted by Gasteiger charge is 2.41. The zero-order valence-electron chi connectivity index (χ0n) is 15.7. The van der Waals surface area contributed by atoms with Crippen LogP contribution in [0.1, 0.15) is 38.7 Å². The average molecular weight is 345 g/mol. The van der Waals surface area contributed by atoms with Gasteiger partial charge in [-0.2, -0.15) is 0 Å². The van der Waals surface area contributed by atoms with E-state index in [1.165, 1.54) is 18.4 Å². The fourth-order valence-corrected chi connectivity index (χ4v) is 3.68. The fourth-order valence-electron chi connectivity index (χ4n) is 3.68. The SMILES string of the molecule is CCNC(=NCC(C)N(C)Cc1ccccc1)NC1CC2CCC1O2. The number of nitrogens with zero attached hydrogens (tertiary/aromatic N) is 2. The second-order valence-corrected chi connectivity index (χ2v) is 7.33. The summed E-state index contributed by atoms with van der Waals surface area (Å²) in [5, 5.41) is 6.97. The van der Waals surface area contributed by atoms with Crippen LogP contribution < -0.4 is 10.6 Å². The minimum atomic E-state index is 0.368. The van der Waals surface area contributed by atoms with Gasteiger partial charge < -0.3 is 15.4 Å². The van der Waals surface area contributed by atoms with Gasteiger partial charge in [-0.15, -0.1) is 0 Å². The molecule has 5 heteroatoms. The third-order valence-electron chi connectivity index (χ3n) is 5.31. The van der Waals surface area contributed by atoms with Gasteiger partial charge in [0.05, 0.1) is 24.8 Å². The lowest BCUT2D eigenvalue weighted by molar-refractivity contribution is 0.0992. The summed E-state index contributed by atoms with van der Waals surface area (Å²) < 4.78 is 5.94. The minimum Gasteiger partial charge on any atom is -0.373 e. The van der Waals surface area contributed by atoms with Gasteiger partial charge in [-0.1, -0.05) is 30.3 Å². The van der Waals surface area contributed by atoms with Gasteiger partial charge in [0.2, 0.25) is 0 Å². The van der Waals surface area contributed by atoms with Crippen LogP contribution in [0, 0.1) is 0 Å². The lowest BCUT2D eigenvalue weighted by Crippen LogP contribution is -2.48. The lowest BCUT2D eigenvalue weighted by atomic mass is 9.96. The first-order valence-electron chi connectivity index (χ1n) is 9.60. The Morgan fingerprint density at radius 3 is 2.76 bits per heavy atom. The number of hydrogen-bond acceptors (Lipinski definition) is 3. The number of hydrogen-bond donors (Lipinski definition) is 2. The molecule has 0 amide bonds. The maximum absolute atomic E-state index is 5.94. The van der Waals surface area contributed by atoms with Crippen molar-refractivity contribution in [2.75, 3.05) is 20.1 Å². The van der Waals surface area contributed by atoms with Crippen molar-refractivity contribution in [3.63, 3.8) is 0 Å². The number of rotatable bonds is 7. The molecule has 0 aromatic heterocycles. The molecule has 0 aliphatic carbocycles. The Labute approximate surface area is 151 Å². The molecular formula is C20H32N4O. The summed E-state index contributed by atoms with van der Waals surface area (Å²) in [6, 6.07) is 11.4. The van der Waals surface area contributed by atoms with Crippen LogP contribution in [0.2, 0.25) is 0 Å². The van der Waals surface area contributed by atoms with Gasteiger partial charge in [0.1, 0.15) is 0 Å². The van der Waals surface area contributed by atoms with Crippen molar-refractivity contribution in [3.8, 4) is 0 Å². The average Bonchev–Trinajstić information content (AvgIpc) is 3.23. The van der Waals surface area contributed by atoms with Crippen LogP contribution in [0.5, 0.6) is 0 Å². The maximum atomic E-state index is 5.94. The summed E-state index contributed by atoms with van der Waals surface area (Å²) in [7, 11) is 2.16. The number of guanidine groups is 1. The molecule has 0 spiro atoms. The summed E-state index contributed by atoms with van der Waals surface area (Å²) in [4.78, 5) is 7.17. The summed E-state index contributed by atoms with van der Waals surface area (Å²) in [6.07, 6.45) is 4.34. The molecule has 5 nitrogen and oxygen atoms in total. The van der Waals surface area contributed by atoms with Gasteiger partial charge >= 0.3 is 0 Å². The number of likely N-dealkylation sites (N-methyl/N-ethyl adjacent to an activating group) is 1. The summed E-state index contributed by atoms with van der Waals surface area (Å²) in [6.45, 7) is 6.94. The molecule has 2 bridgehead atoms. The molecule has 2 aliphatic heterocycles. The Morgan fingerprint density at radius 2 is 2.12 bits per heavy atom. The molecule has 3 rings (SSSR count). The molecule has 2 heterocycles. The predicted molar refractivity (Wildman–Crippen MR) is 103 cm³/mol. The van der Waals surface area contributed by atoms with E-state index in [-0.39, 0.29) is 0 Å². The van der Waals surface area contributed by atoms with Crippen LogP contribution in [0.3, 0.4) is 0 Å². The first-order chi connectivity index (χ1) is 12.2. The van der Waals surface area contributed by atoms with Crippen molar-refractivity contribution in [2.45, 2.75) is 63.9 Å². The highest BCUT2D eigenvalue weighted by Crippen LogP contribution is 2.34. The molecule has 1 aromatic carbocycles. The van der Waals surface area contributed by atoms with Crippen molar-refractivity contribution in [2.24, 2.45) is 4.99 Å². The lowest BCUT2D eigenvalue weighted by Gasteiger charge is -2.25. The number of benzene rings is 1. The molecule has 4 atom stereocenters. The highest BCUT2D eigenvalue weighted by molar-refractivity contribution is 5.80. The van der Waals surface area contributed by atoms with Crippen molar-refractivity contribution in [1.29, 1.82) is 0 Å². The van der Waals surface area contributed by atoms with Crippen molar-refractivity contribution < 1.29 is 4.74 Å². The third-order valence-corrected chi connectivity index (χ3v) is 5.31. The van der Waals surface area contributed by atoms with E-state index in [1.807, 2.05) is 0 Å². The second-order valence-electron chi connectivity index (χ2n) is 7.33. The molecule has 2 saturated heterocycles. The summed E-state index contributed by atoms with van der Waals surface area (Å²) in [5.74, 6) is 0.920. The van der Waals surface area contributed by atoms with Crippen molar-refractivity contribution in [1.82, 2.24) is 15.5 Å². The van der Waals surface area contributed by atoms with Gasteiger partial charge in [-0.3, -0.25) is 9.89 Å². The smallest absolute Gasteiger partial charge is 0.191 e. The van der Waals surface area contributed by atoms with Gasteiger partial charge in [-0.05, 0) is 45.7 Å². The minimum absolute atomic E-state index is 0.368. The molecule has 25 heavy (non-hydrogen) atoms. The molecule has 2 N–H and O–H groups in total. The molecule has 138 valence electrons. The molecule has 1 aromatic rings. The van der Waals surface area contributed by atoms with Gasteiger partial charge in [-0.25, -0.2) is 0 Å². The molecule has 0 radical (unpaired) electrons. The predicted octanol–water partition coefficient (Wildman–Crippen LogP) is 2.38. The van der Waals surface area contributed by atoms with Gasteiger partial charge in [0, 0.05) is 19.1 Å². The summed E-state index contributed by atoms with van der Waals surface area (Å²) in [5.41, 5.74) is 1.34. The highest BCUT2D eigenvalue weighted by atomic mass is 16.5. The number of nitrogens with one attached hydrogen (secondary N) is 2. The van der Waals surface area contributed by atoms with E-state index >= 15 is 0 Å². The van der Waals surface area contributed by atoms with Crippen LogP contribution in [0.25, 0.3) is 0 Å². The normalized spacial score (nSPS) is 26.9. The standard InChI is InChI=1S/C20H32N4O/c1-4-21-20(23-18-12-17-10-11-19(18)25-17)22-13-15(2)24(3)14-16-8-6-5-7-9-16/h5-9,15,17-19H,4,10-14H2,1-3H3,(H2,21,22,23). The van der Waals surface area contributed by atoms with Gasteiger partial charge in [0.25, 0.3) is 0 Å². The Hall–Kier alpha value is -1.59. The first-order valence-corrected chi connectivity index (χ1v) is 9.60. The number of fused-ring (bicyclic) bond motifs is 2. The number of ether oxygens (including phenoxy) is 1. The van der Waals surface area contributed by atoms with Crippen LogP contribution >= 0.6 is 0 Å². The van der Waals surface area contributed by atoms with E-state index in [9.17, 15) is 0 Å². The zero-order chi connectivity index (χ0) is 17.6. The third kappa shape index (κ3) is 4.95.